The minimum atomic E-state index is -0.954. The fraction of sp³-hybridized carbons (Fsp3) is 0.370. The van der Waals surface area contributed by atoms with Crippen molar-refractivity contribution in [3.8, 4) is 0 Å². The average molecular weight is 499 g/mol. The molecule has 2 atom stereocenters. The summed E-state index contributed by atoms with van der Waals surface area (Å²) in [6.07, 6.45) is 3.26. The van der Waals surface area contributed by atoms with Gasteiger partial charge >= 0.3 is 0 Å². The van der Waals surface area contributed by atoms with Crippen LogP contribution in [0.25, 0.3) is 0 Å². The van der Waals surface area contributed by atoms with Gasteiger partial charge in [-0.05, 0) is 55.8 Å². The Morgan fingerprint density at radius 1 is 1.11 bits per heavy atom. The summed E-state index contributed by atoms with van der Waals surface area (Å²) in [5.41, 5.74) is 4.01. The van der Waals surface area contributed by atoms with Gasteiger partial charge < -0.3 is 25.3 Å². The first-order valence-electron chi connectivity index (χ1n) is 12.6. The molecule has 3 N–H and O–H groups in total. The fourth-order valence-electron chi connectivity index (χ4n) is 5.08. The van der Waals surface area contributed by atoms with Gasteiger partial charge in [-0.3, -0.25) is 0 Å². The van der Waals surface area contributed by atoms with Crippen molar-refractivity contribution >= 4 is 29.0 Å². The number of nitrogens with zero attached hydrogens (tertiary/aromatic N) is 7. The number of aromatic nitrogens is 3. The molecular weight excluding hydrogens is 468 g/mol. The molecule has 10 nitrogen and oxygen atoms in total. The first-order chi connectivity index (χ1) is 18.0. The van der Waals surface area contributed by atoms with Crippen molar-refractivity contribution in [1.29, 1.82) is 0 Å². The molecular formula is C27H30N8O2. The van der Waals surface area contributed by atoms with Gasteiger partial charge in [0.15, 0.2) is 12.0 Å². The van der Waals surface area contributed by atoms with Gasteiger partial charge in [0.1, 0.15) is 5.82 Å². The maximum Gasteiger partial charge on any atom is 0.229 e. The lowest BCUT2D eigenvalue weighted by molar-refractivity contribution is 0.0246. The van der Waals surface area contributed by atoms with E-state index in [0.717, 1.165) is 43.9 Å². The second-order valence-electron chi connectivity index (χ2n) is 9.63. The third kappa shape index (κ3) is 4.36. The summed E-state index contributed by atoms with van der Waals surface area (Å²) >= 11 is 0. The van der Waals surface area contributed by atoms with Crippen molar-refractivity contribution in [2.24, 2.45) is 0 Å². The average Bonchev–Trinajstić information content (AvgIpc) is 3.41. The summed E-state index contributed by atoms with van der Waals surface area (Å²) in [5, 5.41) is 28.1. The summed E-state index contributed by atoms with van der Waals surface area (Å²) in [4.78, 5) is 18.5. The standard InChI is InChI=1S/C27H30N8O2/c1-3-12-34-26(37)21-17-28-27(29-19-6-8-20(9-7-19)33-15-13-32(2)14-16-33)31-25(21)35(34)23-11-5-18-4-10-22(36)24(18)30-23/h3,5-6,8,11,17,22,26,36-37H,1,4,10,12-16H2,2H3,(H,28,29,31). The lowest BCUT2D eigenvalue weighted by atomic mass is 10.2. The Balaban J connectivity index is 1.27. The Hall–Kier alpha value is -3.75. The van der Waals surface area contributed by atoms with Gasteiger partial charge in [-0.15, -0.1) is 6.58 Å². The number of aliphatic hydroxyl groups is 2. The number of pyridine rings is 1. The van der Waals surface area contributed by atoms with E-state index in [-0.39, 0.29) is 0 Å². The van der Waals surface area contributed by atoms with E-state index in [4.69, 9.17) is 9.97 Å². The normalized spacial score (nSPS) is 21.5. The molecule has 0 saturated carbocycles. The zero-order chi connectivity index (χ0) is 25.5. The van der Waals surface area contributed by atoms with E-state index < -0.39 is 12.3 Å². The van der Waals surface area contributed by atoms with Gasteiger partial charge in [0.2, 0.25) is 5.95 Å². The van der Waals surface area contributed by atoms with Crippen LogP contribution in [0.5, 0.6) is 0 Å². The molecule has 3 aliphatic rings. The molecule has 1 aromatic carbocycles. The van der Waals surface area contributed by atoms with E-state index in [9.17, 15) is 10.2 Å². The van der Waals surface area contributed by atoms with Crippen LogP contribution in [-0.2, 0) is 6.42 Å². The number of rotatable bonds is 6. The van der Waals surface area contributed by atoms with Crippen LogP contribution < -0.4 is 15.2 Å². The largest absolute Gasteiger partial charge is 0.387 e. The number of anilines is 5. The topological polar surface area (TPSA) is 104 Å². The number of aliphatic hydroxyl groups excluding tert-OH is 2. The molecule has 0 amide bonds. The number of piperazine rings is 1. The van der Waals surface area contributed by atoms with Crippen LogP contribution in [0.15, 0.2) is 43.1 Å². The number of aryl methyl sites for hydroxylation is 1. The van der Waals surface area contributed by atoms with E-state index in [0.29, 0.717) is 47.5 Å². The predicted octanol–water partition coefficient (Wildman–Crippen LogP) is 2.49. The lowest BCUT2D eigenvalue weighted by Gasteiger charge is -2.33. The Labute approximate surface area is 216 Å². The second kappa shape index (κ2) is 9.61. The lowest BCUT2D eigenvalue weighted by Crippen LogP contribution is -2.44. The number of hydrogen-bond acceptors (Lipinski definition) is 10. The van der Waals surface area contributed by atoms with E-state index in [1.54, 1.807) is 22.3 Å². The number of hydrogen-bond donors (Lipinski definition) is 3. The van der Waals surface area contributed by atoms with Crippen LogP contribution in [0.4, 0.5) is 29.0 Å². The molecule has 2 unspecified atom stereocenters. The summed E-state index contributed by atoms with van der Waals surface area (Å²) in [6, 6.07) is 14.3. The maximum absolute atomic E-state index is 11.0. The molecule has 2 aromatic heterocycles. The molecule has 37 heavy (non-hydrogen) atoms. The van der Waals surface area contributed by atoms with E-state index in [2.05, 4.69) is 45.9 Å². The third-order valence-electron chi connectivity index (χ3n) is 7.17. The van der Waals surface area contributed by atoms with Gasteiger partial charge in [-0.2, -0.15) is 9.99 Å². The number of likely N-dealkylation sites (N-methyl/N-ethyl adjacent to an activating group) is 1. The van der Waals surface area contributed by atoms with Crippen molar-refractivity contribution in [1.82, 2.24) is 24.9 Å². The molecule has 190 valence electrons. The van der Waals surface area contributed by atoms with Crippen molar-refractivity contribution in [2.75, 3.05) is 55.0 Å². The Morgan fingerprint density at radius 3 is 2.70 bits per heavy atom. The van der Waals surface area contributed by atoms with Gasteiger partial charge in [0.05, 0.1) is 28.7 Å². The summed E-state index contributed by atoms with van der Waals surface area (Å²) in [7, 11) is 2.14. The molecule has 0 bridgehead atoms. The first kappa shape index (κ1) is 23.6. The first-order valence-corrected chi connectivity index (χ1v) is 12.6. The predicted molar refractivity (Wildman–Crippen MR) is 141 cm³/mol. The van der Waals surface area contributed by atoms with Crippen LogP contribution in [-0.4, -0.2) is 74.8 Å². The van der Waals surface area contributed by atoms with Crippen molar-refractivity contribution < 1.29 is 10.2 Å². The molecule has 10 heteroatoms. The monoisotopic (exact) mass is 498 g/mol. The molecule has 0 spiro atoms. The van der Waals surface area contributed by atoms with Crippen LogP contribution in [0.2, 0.25) is 0 Å². The summed E-state index contributed by atoms with van der Waals surface area (Å²) < 4.78 is 0. The molecule has 2 aliphatic heterocycles. The smallest absolute Gasteiger partial charge is 0.229 e. The van der Waals surface area contributed by atoms with Crippen LogP contribution >= 0.6 is 0 Å². The van der Waals surface area contributed by atoms with Gasteiger partial charge in [0, 0.05) is 38.9 Å². The van der Waals surface area contributed by atoms with E-state index in [1.165, 1.54) is 0 Å². The van der Waals surface area contributed by atoms with Crippen LogP contribution in [0.3, 0.4) is 0 Å². The minimum Gasteiger partial charge on any atom is -0.387 e. The van der Waals surface area contributed by atoms with Crippen molar-refractivity contribution in [2.45, 2.75) is 25.2 Å². The van der Waals surface area contributed by atoms with Crippen molar-refractivity contribution in [3.63, 3.8) is 0 Å². The maximum atomic E-state index is 11.0. The number of nitrogens with one attached hydrogen (secondary N) is 1. The summed E-state index contributed by atoms with van der Waals surface area (Å²) in [5.74, 6) is 1.46. The highest BCUT2D eigenvalue weighted by Crippen LogP contribution is 2.42. The second-order valence-corrected chi connectivity index (χ2v) is 9.63. The van der Waals surface area contributed by atoms with Gasteiger partial charge in [-0.1, -0.05) is 12.1 Å². The Bertz CT molecular complexity index is 1290. The Kier molecular flexibility index (Phi) is 6.14. The molecule has 6 rings (SSSR count). The molecule has 1 fully saturated rings. The zero-order valence-electron chi connectivity index (χ0n) is 20.8. The highest BCUT2D eigenvalue weighted by Gasteiger charge is 2.39. The van der Waals surface area contributed by atoms with Gasteiger partial charge in [0.25, 0.3) is 0 Å². The molecule has 3 aromatic rings. The molecule has 4 heterocycles. The number of hydrazine groups is 1. The van der Waals surface area contributed by atoms with Crippen LogP contribution in [0.1, 0.15) is 35.6 Å². The zero-order valence-corrected chi connectivity index (χ0v) is 20.8. The molecule has 1 saturated heterocycles. The molecule has 1 aliphatic carbocycles. The minimum absolute atomic E-state index is 0.370. The quantitative estimate of drug-likeness (QED) is 0.439. The highest BCUT2D eigenvalue weighted by molar-refractivity contribution is 5.65. The van der Waals surface area contributed by atoms with Gasteiger partial charge in [-0.25, -0.2) is 15.0 Å². The highest BCUT2D eigenvalue weighted by atomic mass is 16.3. The van der Waals surface area contributed by atoms with E-state index in [1.807, 2.05) is 24.3 Å². The summed E-state index contributed by atoms with van der Waals surface area (Å²) in [6.45, 7) is 8.20. The fourth-order valence-corrected chi connectivity index (χ4v) is 5.08. The number of fused-ring (bicyclic) bond motifs is 2. The third-order valence-corrected chi connectivity index (χ3v) is 7.17. The SMILES string of the molecule is C=CCN1C(O)c2cnc(Nc3c#cc(N4CCN(C)CC4)cc3)nc2N1c1ccc2c(n1)C(O)CC2. The Morgan fingerprint density at radius 2 is 1.95 bits per heavy atom. The van der Waals surface area contributed by atoms with Crippen LogP contribution in [0, 0.1) is 12.1 Å². The van der Waals surface area contributed by atoms with Crippen molar-refractivity contribution in [3.05, 3.63) is 72.1 Å². The van der Waals surface area contributed by atoms with E-state index >= 15 is 0 Å². The molecule has 0 radical (unpaired) electrons.